The standard InChI is InChI=1S/C13H17NO5S/c1-13(7-18-2,12(16)17)14-11(15)10-5-8-6-19-4-3-9(8)20-10/h5H,3-4,6-7H2,1-2H3,(H,14,15)(H,16,17). The molecule has 1 aliphatic heterocycles. The van der Waals surface area contributed by atoms with Gasteiger partial charge in [0.2, 0.25) is 0 Å². The fourth-order valence-electron chi connectivity index (χ4n) is 2.01. The number of amides is 1. The van der Waals surface area contributed by atoms with Crippen molar-refractivity contribution < 1.29 is 24.2 Å². The minimum Gasteiger partial charge on any atom is -0.479 e. The molecular formula is C13H17NO5S. The van der Waals surface area contributed by atoms with E-state index in [-0.39, 0.29) is 6.61 Å². The first kappa shape index (κ1) is 15.0. The van der Waals surface area contributed by atoms with Gasteiger partial charge in [-0.25, -0.2) is 4.79 Å². The number of thiophene rings is 1. The SMILES string of the molecule is COCC(C)(NC(=O)c1cc2c(s1)CCOC2)C(=O)O. The zero-order valence-corrected chi connectivity index (χ0v) is 12.2. The van der Waals surface area contributed by atoms with Crippen LogP contribution in [0.2, 0.25) is 0 Å². The number of hydrogen-bond acceptors (Lipinski definition) is 5. The smallest absolute Gasteiger partial charge is 0.331 e. The second-order valence-corrected chi connectivity index (χ2v) is 6.02. The predicted octanol–water partition coefficient (Wildman–Crippen LogP) is 1.04. The maximum absolute atomic E-state index is 12.2. The molecule has 2 heterocycles. The van der Waals surface area contributed by atoms with Crippen LogP contribution in [0.15, 0.2) is 6.07 Å². The van der Waals surface area contributed by atoms with Crippen LogP contribution in [0.4, 0.5) is 0 Å². The number of aliphatic carboxylic acids is 1. The van der Waals surface area contributed by atoms with Crippen molar-refractivity contribution in [3.05, 3.63) is 21.4 Å². The predicted molar refractivity (Wildman–Crippen MR) is 73.1 cm³/mol. The Morgan fingerprint density at radius 2 is 2.35 bits per heavy atom. The van der Waals surface area contributed by atoms with E-state index in [1.807, 2.05) is 0 Å². The summed E-state index contributed by atoms with van der Waals surface area (Å²) in [6.45, 7) is 2.49. The lowest BCUT2D eigenvalue weighted by atomic mass is 10.0. The molecule has 1 aromatic rings. The highest BCUT2D eigenvalue weighted by atomic mass is 32.1. The Morgan fingerprint density at radius 3 is 2.95 bits per heavy atom. The number of fused-ring (bicyclic) bond motifs is 1. The van der Waals surface area contributed by atoms with Crippen molar-refractivity contribution in [1.82, 2.24) is 5.32 Å². The lowest BCUT2D eigenvalue weighted by Crippen LogP contribution is -2.55. The number of methoxy groups -OCH3 is 1. The molecule has 1 aromatic heterocycles. The minimum atomic E-state index is -1.44. The zero-order valence-electron chi connectivity index (χ0n) is 11.4. The Hall–Kier alpha value is -1.44. The van der Waals surface area contributed by atoms with Crippen molar-refractivity contribution >= 4 is 23.2 Å². The minimum absolute atomic E-state index is 0.0950. The highest BCUT2D eigenvalue weighted by Crippen LogP contribution is 2.27. The summed E-state index contributed by atoms with van der Waals surface area (Å²) >= 11 is 1.39. The Bertz CT molecular complexity index is 503. The van der Waals surface area contributed by atoms with Crippen molar-refractivity contribution in [3.8, 4) is 0 Å². The van der Waals surface area contributed by atoms with Gasteiger partial charge in [0.05, 0.1) is 24.7 Å². The number of carbonyl (C=O) groups excluding carboxylic acids is 1. The van der Waals surface area contributed by atoms with E-state index in [9.17, 15) is 14.7 Å². The third-order valence-electron chi connectivity index (χ3n) is 3.15. The molecule has 0 aromatic carbocycles. The summed E-state index contributed by atoms with van der Waals surface area (Å²) in [7, 11) is 1.40. The first-order valence-corrected chi connectivity index (χ1v) is 7.02. The monoisotopic (exact) mass is 299 g/mol. The summed E-state index contributed by atoms with van der Waals surface area (Å²) in [6, 6.07) is 1.77. The average Bonchev–Trinajstić information content (AvgIpc) is 2.82. The topological polar surface area (TPSA) is 84.9 Å². The van der Waals surface area contributed by atoms with Gasteiger partial charge in [-0.1, -0.05) is 0 Å². The summed E-state index contributed by atoms with van der Waals surface area (Å²) < 4.78 is 10.2. The van der Waals surface area contributed by atoms with Crippen LogP contribution in [-0.4, -0.2) is 42.8 Å². The van der Waals surface area contributed by atoms with Crippen molar-refractivity contribution in [2.45, 2.75) is 25.5 Å². The fourth-order valence-corrected chi connectivity index (χ4v) is 3.06. The molecule has 6 nitrogen and oxygen atoms in total. The lowest BCUT2D eigenvalue weighted by molar-refractivity contribution is -0.145. The summed E-state index contributed by atoms with van der Waals surface area (Å²) in [5.41, 5.74) is -0.428. The van der Waals surface area contributed by atoms with Crippen LogP contribution in [0.25, 0.3) is 0 Å². The third-order valence-corrected chi connectivity index (χ3v) is 4.38. The molecule has 0 saturated heterocycles. The molecule has 20 heavy (non-hydrogen) atoms. The normalized spacial score (nSPS) is 17.1. The van der Waals surface area contributed by atoms with Gasteiger partial charge < -0.3 is 19.9 Å². The number of nitrogens with one attached hydrogen (secondary N) is 1. The van der Waals surface area contributed by atoms with E-state index in [1.54, 1.807) is 6.07 Å². The molecule has 110 valence electrons. The summed E-state index contributed by atoms with van der Waals surface area (Å²) in [6.07, 6.45) is 0.793. The van der Waals surface area contributed by atoms with E-state index in [4.69, 9.17) is 9.47 Å². The molecule has 0 saturated carbocycles. The van der Waals surface area contributed by atoms with E-state index in [1.165, 1.54) is 25.4 Å². The molecule has 1 amide bonds. The molecule has 1 aliphatic rings. The van der Waals surface area contributed by atoms with E-state index >= 15 is 0 Å². The molecule has 0 bridgehead atoms. The summed E-state index contributed by atoms with van der Waals surface area (Å²) in [5, 5.41) is 11.7. The number of carboxylic acid groups (broad SMARTS) is 1. The zero-order chi connectivity index (χ0) is 14.8. The molecule has 1 atom stereocenters. The maximum atomic E-state index is 12.2. The largest absolute Gasteiger partial charge is 0.479 e. The molecule has 0 spiro atoms. The Labute approximate surface area is 120 Å². The summed E-state index contributed by atoms with van der Waals surface area (Å²) in [4.78, 5) is 25.1. The maximum Gasteiger partial charge on any atom is 0.331 e. The van der Waals surface area contributed by atoms with Gasteiger partial charge in [0.1, 0.15) is 0 Å². The van der Waals surface area contributed by atoms with E-state index in [0.29, 0.717) is 18.1 Å². The molecule has 1 unspecified atom stereocenters. The third kappa shape index (κ3) is 3.00. The second-order valence-electron chi connectivity index (χ2n) is 4.89. The van der Waals surface area contributed by atoms with Crippen LogP contribution in [-0.2, 0) is 27.3 Å². The molecule has 2 rings (SSSR count). The molecule has 0 radical (unpaired) electrons. The van der Waals surface area contributed by atoms with Gasteiger partial charge in [0.15, 0.2) is 5.54 Å². The van der Waals surface area contributed by atoms with Crippen molar-refractivity contribution in [3.63, 3.8) is 0 Å². The molecular weight excluding hydrogens is 282 g/mol. The number of ether oxygens (including phenoxy) is 2. The Balaban J connectivity index is 2.14. The van der Waals surface area contributed by atoms with Crippen LogP contribution < -0.4 is 5.32 Å². The fraction of sp³-hybridized carbons (Fsp3) is 0.538. The summed E-state index contributed by atoms with van der Waals surface area (Å²) in [5.74, 6) is -1.52. The van der Waals surface area contributed by atoms with Gasteiger partial charge in [-0.05, 0) is 18.6 Å². The van der Waals surface area contributed by atoms with Crippen LogP contribution in [0.3, 0.4) is 0 Å². The number of carboxylic acids is 1. The van der Waals surface area contributed by atoms with E-state index < -0.39 is 17.4 Å². The second kappa shape index (κ2) is 5.90. The Kier molecular flexibility index (Phi) is 4.42. The van der Waals surface area contributed by atoms with Gasteiger partial charge in [-0.2, -0.15) is 0 Å². The van der Waals surface area contributed by atoms with Crippen molar-refractivity contribution in [1.29, 1.82) is 0 Å². The van der Waals surface area contributed by atoms with Gasteiger partial charge in [0.25, 0.3) is 5.91 Å². The van der Waals surface area contributed by atoms with Gasteiger partial charge >= 0.3 is 5.97 Å². The van der Waals surface area contributed by atoms with E-state index in [2.05, 4.69) is 5.32 Å². The van der Waals surface area contributed by atoms with Crippen LogP contribution in [0.5, 0.6) is 0 Å². The van der Waals surface area contributed by atoms with E-state index in [0.717, 1.165) is 16.9 Å². The molecule has 7 heteroatoms. The number of hydrogen-bond donors (Lipinski definition) is 2. The molecule has 0 fully saturated rings. The highest BCUT2D eigenvalue weighted by molar-refractivity contribution is 7.14. The highest BCUT2D eigenvalue weighted by Gasteiger charge is 2.35. The molecule has 2 N–H and O–H groups in total. The van der Waals surface area contributed by atoms with Crippen molar-refractivity contribution in [2.24, 2.45) is 0 Å². The van der Waals surface area contributed by atoms with Crippen LogP contribution in [0, 0.1) is 0 Å². The lowest BCUT2D eigenvalue weighted by Gasteiger charge is -2.24. The van der Waals surface area contributed by atoms with Gasteiger partial charge in [-0.3, -0.25) is 4.79 Å². The first-order valence-electron chi connectivity index (χ1n) is 6.20. The van der Waals surface area contributed by atoms with Crippen molar-refractivity contribution in [2.75, 3.05) is 20.3 Å². The first-order chi connectivity index (χ1) is 9.46. The number of carbonyl (C=O) groups is 2. The van der Waals surface area contributed by atoms with Crippen LogP contribution >= 0.6 is 11.3 Å². The van der Waals surface area contributed by atoms with Gasteiger partial charge in [-0.15, -0.1) is 11.3 Å². The number of rotatable bonds is 5. The molecule has 0 aliphatic carbocycles. The Morgan fingerprint density at radius 1 is 1.60 bits per heavy atom. The quantitative estimate of drug-likeness (QED) is 0.848. The average molecular weight is 299 g/mol. The van der Waals surface area contributed by atoms with Crippen LogP contribution in [0.1, 0.15) is 27.0 Å². The van der Waals surface area contributed by atoms with Gasteiger partial charge in [0, 0.05) is 18.4 Å².